The molecule has 2 aliphatic heterocycles. The zero-order valence-electron chi connectivity index (χ0n) is 16.8. The van der Waals surface area contributed by atoms with Crippen molar-refractivity contribution in [2.24, 2.45) is 0 Å². The third-order valence-corrected chi connectivity index (χ3v) is 6.38. The number of hydrogen-bond donors (Lipinski definition) is 0. The summed E-state index contributed by atoms with van der Waals surface area (Å²) < 4.78 is 13.1. The number of ether oxygens (including phenoxy) is 1. The Morgan fingerprint density at radius 2 is 1.97 bits per heavy atom. The molecule has 0 bridgehead atoms. The van der Waals surface area contributed by atoms with Gasteiger partial charge in [-0.15, -0.1) is 0 Å². The number of amides is 2. The van der Waals surface area contributed by atoms with Gasteiger partial charge in [-0.05, 0) is 44.4 Å². The summed E-state index contributed by atoms with van der Waals surface area (Å²) in [5.74, 6) is 0. The lowest BCUT2D eigenvalue weighted by Crippen LogP contribution is -2.54. The summed E-state index contributed by atoms with van der Waals surface area (Å²) >= 11 is 1.44. The van der Waals surface area contributed by atoms with Crippen molar-refractivity contribution >= 4 is 27.8 Å². The van der Waals surface area contributed by atoms with Crippen LogP contribution >= 0.6 is 11.5 Å². The minimum absolute atomic E-state index is 0.0653. The van der Waals surface area contributed by atoms with E-state index in [1.807, 2.05) is 29.7 Å². The first-order valence-corrected chi connectivity index (χ1v) is 10.7. The molecule has 0 N–H and O–H groups in total. The first kappa shape index (κ1) is 18.5. The normalized spacial score (nSPS) is 24.7. The fourth-order valence-electron chi connectivity index (χ4n) is 4.38. The molecular weight excluding hydrogens is 388 g/mol. The molecule has 9 heteroatoms. The van der Waals surface area contributed by atoms with Gasteiger partial charge in [0.1, 0.15) is 5.52 Å². The molecule has 29 heavy (non-hydrogen) atoms. The lowest BCUT2D eigenvalue weighted by atomic mass is 10.1. The molecule has 2 amide bonds. The van der Waals surface area contributed by atoms with Gasteiger partial charge in [0, 0.05) is 31.4 Å². The average molecular weight is 413 g/mol. The van der Waals surface area contributed by atoms with Gasteiger partial charge < -0.3 is 14.5 Å². The number of urea groups is 1. The molecule has 5 heterocycles. The number of carbonyl (C=O) groups is 1. The Hall–Kier alpha value is -2.52. The molecular formula is C20H24N6O2S. The minimum atomic E-state index is 0.0653. The van der Waals surface area contributed by atoms with Crippen LogP contribution in [-0.4, -0.2) is 66.8 Å². The summed E-state index contributed by atoms with van der Waals surface area (Å²) in [5.41, 5.74) is 3.89. The van der Waals surface area contributed by atoms with E-state index in [1.165, 1.54) is 11.5 Å². The van der Waals surface area contributed by atoms with Crippen molar-refractivity contribution in [1.29, 1.82) is 0 Å². The van der Waals surface area contributed by atoms with Crippen LogP contribution in [0.4, 0.5) is 4.79 Å². The summed E-state index contributed by atoms with van der Waals surface area (Å²) in [6.45, 7) is 8.64. The highest BCUT2D eigenvalue weighted by atomic mass is 32.1. The molecule has 0 unspecified atom stereocenters. The zero-order chi connectivity index (χ0) is 20.1. The topological polar surface area (TPSA) is 76.4 Å². The highest BCUT2D eigenvalue weighted by molar-refractivity contribution is 7.13. The number of morpholine rings is 1. The quantitative estimate of drug-likeness (QED) is 0.614. The van der Waals surface area contributed by atoms with Crippen molar-refractivity contribution in [2.45, 2.75) is 45.6 Å². The lowest BCUT2D eigenvalue weighted by molar-refractivity contribution is -0.0591. The Kier molecular flexibility index (Phi) is 4.51. The van der Waals surface area contributed by atoms with E-state index in [2.05, 4.69) is 27.0 Å². The number of nitrogens with zero attached hydrogens (tertiary/aromatic N) is 6. The number of hydrogen-bond acceptors (Lipinski definition) is 6. The second-order valence-corrected chi connectivity index (χ2v) is 8.84. The molecule has 3 aromatic rings. The smallest absolute Gasteiger partial charge is 0.320 e. The van der Waals surface area contributed by atoms with Gasteiger partial charge >= 0.3 is 6.03 Å². The molecule has 5 rings (SSSR count). The number of pyridine rings is 1. The van der Waals surface area contributed by atoms with Crippen molar-refractivity contribution in [1.82, 2.24) is 28.9 Å². The first-order valence-electron chi connectivity index (χ1n) is 9.97. The molecule has 0 radical (unpaired) electrons. The second kappa shape index (κ2) is 7.07. The van der Waals surface area contributed by atoms with Crippen LogP contribution in [0.25, 0.3) is 21.5 Å². The Morgan fingerprint density at radius 1 is 1.17 bits per heavy atom. The van der Waals surface area contributed by atoms with Crippen LogP contribution in [0, 0.1) is 0 Å². The Balaban J connectivity index is 1.42. The van der Waals surface area contributed by atoms with Crippen LogP contribution in [0.15, 0.2) is 24.5 Å². The van der Waals surface area contributed by atoms with E-state index in [1.54, 1.807) is 12.4 Å². The number of fused-ring (bicyclic) bond motifs is 2. The van der Waals surface area contributed by atoms with E-state index in [4.69, 9.17) is 9.84 Å². The standard InChI is InChI=1S/C20H24N6O2S/c1-12-8-24(20(27)25-9-13(2)28-14(3)10-25)11-15-6-17(23-26(12)15)16-4-5-21-18-7-22-29-19(16)18/h4-7,12-14H,8-11H2,1-3H3/t12-,13+,14+/m0/s1. The van der Waals surface area contributed by atoms with Gasteiger partial charge in [0.25, 0.3) is 0 Å². The summed E-state index contributed by atoms with van der Waals surface area (Å²) in [6, 6.07) is 4.28. The average Bonchev–Trinajstić information content (AvgIpc) is 3.33. The van der Waals surface area contributed by atoms with Crippen molar-refractivity contribution in [2.75, 3.05) is 19.6 Å². The first-order chi connectivity index (χ1) is 14.0. The van der Waals surface area contributed by atoms with E-state index < -0.39 is 0 Å². The predicted molar refractivity (Wildman–Crippen MR) is 111 cm³/mol. The van der Waals surface area contributed by atoms with E-state index in [-0.39, 0.29) is 24.3 Å². The van der Waals surface area contributed by atoms with Crippen molar-refractivity contribution in [3.8, 4) is 11.3 Å². The van der Waals surface area contributed by atoms with Crippen molar-refractivity contribution < 1.29 is 9.53 Å². The third kappa shape index (κ3) is 3.28. The van der Waals surface area contributed by atoms with Gasteiger partial charge in [-0.3, -0.25) is 9.67 Å². The molecule has 0 aromatic carbocycles. The molecule has 0 saturated carbocycles. The zero-order valence-corrected chi connectivity index (χ0v) is 17.6. The van der Waals surface area contributed by atoms with Gasteiger partial charge in [0.05, 0.1) is 47.1 Å². The highest BCUT2D eigenvalue weighted by Gasteiger charge is 2.33. The molecule has 1 saturated heterocycles. The molecule has 3 aromatic heterocycles. The molecule has 3 atom stereocenters. The van der Waals surface area contributed by atoms with Crippen LogP contribution in [0.3, 0.4) is 0 Å². The largest absolute Gasteiger partial charge is 0.372 e. The maximum atomic E-state index is 13.2. The fraction of sp³-hybridized carbons (Fsp3) is 0.500. The van der Waals surface area contributed by atoms with Crippen molar-refractivity contribution in [3.63, 3.8) is 0 Å². The summed E-state index contributed by atoms with van der Waals surface area (Å²) in [4.78, 5) is 21.4. The number of carbonyl (C=O) groups excluding carboxylic acids is 1. The minimum Gasteiger partial charge on any atom is -0.372 e. The summed E-state index contributed by atoms with van der Waals surface area (Å²) in [7, 11) is 0. The molecule has 152 valence electrons. The highest BCUT2D eigenvalue weighted by Crippen LogP contribution is 2.32. The summed E-state index contributed by atoms with van der Waals surface area (Å²) in [5, 5.41) is 4.86. The maximum absolute atomic E-state index is 13.2. The van der Waals surface area contributed by atoms with Crippen LogP contribution in [0.1, 0.15) is 32.5 Å². The van der Waals surface area contributed by atoms with Gasteiger partial charge in [-0.2, -0.15) is 9.47 Å². The van der Waals surface area contributed by atoms with E-state index >= 15 is 0 Å². The van der Waals surface area contributed by atoms with Crippen LogP contribution in [0.5, 0.6) is 0 Å². The van der Waals surface area contributed by atoms with Gasteiger partial charge in [0.2, 0.25) is 0 Å². The Morgan fingerprint density at radius 3 is 2.76 bits per heavy atom. The SMILES string of the molecule is C[C@@H]1CN(C(=O)N2Cc3cc(-c4ccnc5cnsc45)nn3[C@@H](C)C2)C[C@@H](C)O1. The number of aromatic nitrogens is 4. The molecule has 8 nitrogen and oxygen atoms in total. The lowest BCUT2D eigenvalue weighted by Gasteiger charge is -2.40. The van der Waals surface area contributed by atoms with E-state index in [0.717, 1.165) is 27.2 Å². The van der Waals surface area contributed by atoms with Crippen LogP contribution in [-0.2, 0) is 11.3 Å². The van der Waals surface area contributed by atoms with Crippen LogP contribution in [0.2, 0.25) is 0 Å². The maximum Gasteiger partial charge on any atom is 0.320 e. The Bertz CT molecular complexity index is 1050. The third-order valence-electron chi connectivity index (χ3n) is 5.56. The monoisotopic (exact) mass is 412 g/mol. The Labute approximate surface area is 173 Å². The van der Waals surface area contributed by atoms with Gasteiger partial charge in [0.15, 0.2) is 0 Å². The molecule has 0 spiro atoms. The molecule has 1 fully saturated rings. The van der Waals surface area contributed by atoms with E-state index in [0.29, 0.717) is 26.2 Å². The number of rotatable bonds is 1. The fourth-order valence-corrected chi connectivity index (χ4v) is 5.11. The second-order valence-electron chi connectivity index (χ2n) is 8.04. The summed E-state index contributed by atoms with van der Waals surface area (Å²) in [6.07, 6.45) is 3.71. The molecule has 0 aliphatic carbocycles. The van der Waals surface area contributed by atoms with E-state index in [9.17, 15) is 4.79 Å². The predicted octanol–water partition coefficient (Wildman–Crippen LogP) is 3.16. The van der Waals surface area contributed by atoms with Gasteiger partial charge in [-0.1, -0.05) is 0 Å². The van der Waals surface area contributed by atoms with Crippen LogP contribution < -0.4 is 0 Å². The van der Waals surface area contributed by atoms with Crippen molar-refractivity contribution in [3.05, 3.63) is 30.2 Å². The van der Waals surface area contributed by atoms with Gasteiger partial charge in [-0.25, -0.2) is 4.79 Å². The molecule has 2 aliphatic rings.